The average molecular weight is 342 g/mol. The third-order valence-corrected chi connectivity index (χ3v) is 5.17. The topological polar surface area (TPSA) is 46.9 Å². The third-order valence-electron chi connectivity index (χ3n) is 3.25. The number of anilines is 1. The predicted molar refractivity (Wildman–Crippen MR) is 84.9 cm³/mol. The van der Waals surface area contributed by atoms with Gasteiger partial charge in [0.15, 0.2) is 5.16 Å². The lowest BCUT2D eigenvalue weighted by molar-refractivity contribution is -0.117. The number of nitrogens with zero attached hydrogens (tertiary/aromatic N) is 2. The average Bonchev–Trinajstić information content (AvgIpc) is 2.90. The van der Waals surface area contributed by atoms with E-state index in [4.69, 9.17) is 23.2 Å². The van der Waals surface area contributed by atoms with E-state index in [1.807, 2.05) is 42.1 Å². The molecule has 1 saturated carbocycles. The number of aryl methyl sites for hydroxylation is 1. The molecule has 21 heavy (non-hydrogen) atoms. The smallest absolute Gasteiger partial charge is 0.230 e. The van der Waals surface area contributed by atoms with Crippen LogP contribution in [0.3, 0.4) is 0 Å². The Kier molecular flexibility index (Phi) is 3.90. The van der Waals surface area contributed by atoms with Gasteiger partial charge in [-0.05, 0) is 30.7 Å². The molecule has 1 aliphatic carbocycles. The number of amides is 1. The van der Waals surface area contributed by atoms with E-state index in [-0.39, 0.29) is 11.8 Å². The van der Waals surface area contributed by atoms with Crippen molar-refractivity contribution < 1.29 is 4.79 Å². The molecule has 1 aromatic carbocycles. The Morgan fingerprint density at radius 1 is 1.43 bits per heavy atom. The predicted octanol–water partition coefficient (Wildman–Crippen LogP) is 3.70. The minimum absolute atomic E-state index is 0.135. The van der Waals surface area contributed by atoms with Gasteiger partial charge in [0.05, 0.1) is 5.92 Å². The summed E-state index contributed by atoms with van der Waals surface area (Å²) >= 11 is 13.3. The molecule has 1 atom stereocenters. The highest BCUT2D eigenvalue weighted by molar-refractivity contribution is 7.99. The van der Waals surface area contributed by atoms with Crippen molar-refractivity contribution in [1.29, 1.82) is 0 Å². The van der Waals surface area contributed by atoms with Gasteiger partial charge < -0.3 is 9.88 Å². The zero-order valence-corrected chi connectivity index (χ0v) is 13.5. The van der Waals surface area contributed by atoms with Crippen molar-refractivity contribution in [2.45, 2.75) is 20.8 Å². The minimum atomic E-state index is -0.891. The van der Waals surface area contributed by atoms with Crippen LogP contribution in [0, 0.1) is 5.92 Å². The maximum Gasteiger partial charge on any atom is 0.230 e. The van der Waals surface area contributed by atoms with Crippen LogP contribution in [-0.4, -0.2) is 19.8 Å². The fraction of sp³-hybridized carbons (Fsp3) is 0.286. The van der Waals surface area contributed by atoms with Crippen molar-refractivity contribution in [3.05, 3.63) is 36.7 Å². The van der Waals surface area contributed by atoms with E-state index >= 15 is 0 Å². The number of benzene rings is 1. The molecule has 0 radical (unpaired) electrons. The first-order valence-corrected chi connectivity index (χ1v) is 7.97. The first-order chi connectivity index (χ1) is 9.95. The molecular formula is C14H13Cl2N3OS. The Labute approximate surface area is 136 Å². The first-order valence-electron chi connectivity index (χ1n) is 6.40. The van der Waals surface area contributed by atoms with E-state index in [9.17, 15) is 4.79 Å². The lowest BCUT2D eigenvalue weighted by Gasteiger charge is -2.06. The number of rotatable bonds is 4. The Morgan fingerprint density at radius 2 is 2.10 bits per heavy atom. The van der Waals surface area contributed by atoms with E-state index in [2.05, 4.69) is 10.3 Å². The van der Waals surface area contributed by atoms with Gasteiger partial charge in [-0.1, -0.05) is 11.8 Å². The molecule has 1 aromatic heterocycles. The van der Waals surface area contributed by atoms with Crippen LogP contribution in [0.4, 0.5) is 5.69 Å². The van der Waals surface area contributed by atoms with Crippen LogP contribution in [0.25, 0.3) is 0 Å². The lowest BCUT2D eigenvalue weighted by Crippen LogP contribution is -2.16. The molecule has 0 saturated heterocycles. The molecule has 1 aliphatic rings. The summed E-state index contributed by atoms with van der Waals surface area (Å²) in [4.78, 5) is 17.2. The van der Waals surface area contributed by atoms with Crippen LogP contribution in [-0.2, 0) is 11.8 Å². The van der Waals surface area contributed by atoms with E-state index in [1.54, 1.807) is 18.0 Å². The fourth-order valence-electron chi connectivity index (χ4n) is 1.89. The first kappa shape index (κ1) is 14.8. The van der Waals surface area contributed by atoms with Gasteiger partial charge in [-0.25, -0.2) is 4.98 Å². The van der Waals surface area contributed by atoms with Gasteiger partial charge in [-0.3, -0.25) is 4.79 Å². The highest BCUT2D eigenvalue weighted by atomic mass is 35.5. The highest BCUT2D eigenvalue weighted by Gasteiger charge is 2.56. The van der Waals surface area contributed by atoms with Crippen molar-refractivity contribution in [3.8, 4) is 0 Å². The molecule has 1 amide bonds. The minimum Gasteiger partial charge on any atom is -0.329 e. The van der Waals surface area contributed by atoms with Crippen LogP contribution >= 0.6 is 35.0 Å². The van der Waals surface area contributed by atoms with E-state index in [0.29, 0.717) is 6.42 Å². The van der Waals surface area contributed by atoms with Gasteiger partial charge in [0.2, 0.25) is 5.91 Å². The highest BCUT2D eigenvalue weighted by Crippen LogP contribution is 2.53. The van der Waals surface area contributed by atoms with Crippen LogP contribution < -0.4 is 5.32 Å². The Morgan fingerprint density at radius 3 is 2.62 bits per heavy atom. The number of carbonyl (C=O) groups excluding carboxylic acids is 1. The number of halogens is 2. The standard InChI is InChI=1S/C14H13Cl2N3OS/c1-19-7-6-17-13(19)21-10-4-2-9(3-5-10)18-12(20)11-8-14(11,15)16/h2-7,11H,8H2,1H3,(H,18,20). The zero-order valence-electron chi connectivity index (χ0n) is 11.2. The van der Waals surface area contributed by atoms with Crippen LogP contribution in [0.5, 0.6) is 0 Å². The summed E-state index contributed by atoms with van der Waals surface area (Å²) in [6, 6.07) is 7.60. The number of hydrogen-bond donors (Lipinski definition) is 1. The van der Waals surface area contributed by atoms with E-state index in [0.717, 1.165) is 15.7 Å². The normalized spacial score (nSPS) is 19.3. The number of nitrogens with one attached hydrogen (secondary N) is 1. The second kappa shape index (κ2) is 5.55. The fourth-order valence-corrected chi connectivity index (χ4v) is 3.20. The number of hydrogen-bond acceptors (Lipinski definition) is 3. The summed E-state index contributed by atoms with van der Waals surface area (Å²) in [5.41, 5.74) is 0.736. The van der Waals surface area contributed by atoms with Crippen molar-refractivity contribution in [3.63, 3.8) is 0 Å². The van der Waals surface area contributed by atoms with Crippen LogP contribution in [0.15, 0.2) is 46.7 Å². The van der Waals surface area contributed by atoms with Gasteiger partial charge >= 0.3 is 0 Å². The summed E-state index contributed by atoms with van der Waals surface area (Å²) in [5, 5.41) is 3.73. The summed E-state index contributed by atoms with van der Waals surface area (Å²) in [6.07, 6.45) is 4.17. The second-order valence-electron chi connectivity index (χ2n) is 4.95. The SMILES string of the molecule is Cn1ccnc1Sc1ccc(NC(=O)C2CC2(Cl)Cl)cc1. The molecule has 110 valence electrons. The van der Waals surface area contributed by atoms with Crippen LogP contribution in [0.1, 0.15) is 6.42 Å². The summed E-state index contributed by atoms with van der Waals surface area (Å²) in [5.74, 6) is -0.452. The molecule has 1 N–H and O–H groups in total. The molecule has 1 heterocycles. The van der Waals surface area contributed by atoms with E-state index in [1.165, 1.54) is 0 Å². The molecule has 7 heteroatoms. The Bertz CT molecular complexity index is 669. The molecule has 1 unspecified atom stereocenters. The summed E-state index contributed by atoms with van der Waals surface area (Å²) in [7, 11) is 1.95. The third kappa shape index (κ3) is 3.36. The Balaban J connectivity index is 1.62. The maximum atomic E-state index is 11.9. The molecule has 3 rings (SSSR count). The van der Waals surface area contributed by atoms with Crippen molar-refractivity contribution in [2.75, 3.05) is 5.32 Å². The molecule has 4 nitrogen and oxygen atoms in total. The number of carbonyl (C=O) groups is 1. The van der Waals surface area contributed by atoms with Crippen molar-refractivity contribution >= 4 is 46.6 Å². The van der Waals surface area contributed by atoms with Gasteiger partial charge in [0, 0.05) is 30.0 Å². The maximum absolute atomic E-state index is 11.9. The van der Waals surface area contributed by atoms with Gasteiger partial charge in [0.25, 0.3) is 0 Å². The van der Waals surface area contributed by atoms with Crippen LogP contribution in [0.2, 0.25) is 0 Å². The molecule has 1 fully saturated rings. The molecule has 0 aliphatic heterocycles. The summed E-state index contributed by atoms with van der Waals surface area (Å²) in [6.45, 7) is 0. The summed E-state index contributed by atoms with van der Waals surface area (Å²) < 4.78 is 1.06. The largest absolute Gasteiger partial charge is 0.329 e. The van der Waals surface area contributed by atoms with Crippen molar-refractivity contribution in [1.82, 2.24) is 9.55 Å². The molecule has 0 spiro atoms. The number of aromatic nitrogens is 2. The molecule has 0 bridgehead atoms. The number of alkyl halides is 2. The lowest BCUT2D eigenvalue weighted by atomic mass is 10.3. The van der Waals surface area contributed by atoms with Gasteiger partial charge in [0.1, 0.15) is 4.33 Å². The van der Waals surface area contributed by atoms with Crippen molar-refractivity contribution in [2.24, 2.45) is 13.0 Å². The Hall–Kier alpha value is -1.17. The molecule has 2 aromatic rings. The second-order valence-corrected chi connectivity index (χ2v) is 7.54. The monoisotopic (exact) mass is 341 g/mol. The quantitative estimate of drug-likeness (QED) is 0.862. The number of imidazole rings is 1. The van der Waals surface area contributed by atoms with E-state index < -0.39 is 4.33 Å². The molecular weight excluding hydrogens is 329 g/mol. The van der Waals surface area contributed by atoms with Gasteiger partial charge in [-0.2, -0.15) is 0 Å². The zero-order chi connectivity index (χ0) is 15.0. The van der Waals surface area contributed by atoms with Gasteiger partial charge in [-0.15, -0.1) is 23.2 Å².